The van der Waals surface area contributed by atoms with Gasteiger partial charge in [-0.1, -0.05) is 19.9 Å². The number of aromatic carboxylic acids is 1. The first-order valence-electron chi connectivity index (χ1n) is 6.46. The highest BCUT2D eigenvalue weighted by molar-refractivity contribution is 5.88. The van der Waals surface area contributed by atoms with Crippen molar-refractivity contribution < 1.29 is 9.90 Å². The van der Waals surface area contributed by atoms with Gasteiger partial charge in [0, 0.05) is 5.56 Å². The SMILES string of the molecule is CCc1nn(-c2cccc(C#N)c2)c(C(=O)O)c1CC. The summed E-state index contributed by atoms with van der Waals surface area (Å²) in [4.78, 5) is 11.5. The third kappa shape index (κ3) is 2.28. The van der Waals surface area contributed by atoms with Crippen molar-refractivity contribution in [2.45, 2.75) is 26.7 Å². The second-order valence-corrected chi connectivity index (χ2v) is 4.36. The first-order chi connectivity index (χ1) is 9.62. The van der Waals surface area contributed by atoms with E-state index in [1.54, 1.807) is 24.3 Å². The zero-order valence-electron chi connectivity index (χ0n) is 11.4. The Balaban J connectivity index is 2.70. The van der Waals surface area contributed by atoms with E-state index in [1.165, 1.54) is 4.68 Å². The van der Waals surface area contributed by atoms with Gasteiger partial charge in [0.25, 0.3) is 0 Å². The van der Waals surface area contributed by atoms with Crippen LogP contribution in [0.1, 0.15) is 41.2 Å². The molecule has 5 heteroatoms. The molecule has 0 spiro atoms. The molecule has 20 heavy (non-hydrogen) atoms. The summed E-state index contributed by atoms with van der Waals surface area (Å²) in [5.41, 5.74) is 2.79. The number of rotatable bonds is 4. The van der Waals surface area contributed by atoms with E-state index in [9.17, 15) is 9.90 Å². The normalized spacial score (nSPS) is 10.2. The number of carboxylic acid groups (broad SMARTS) is 1. The number of benzene rings is 1. The summed E-state index contributed by atoms with van der Waals surface area (Å²) in [5, 5.41) is 22.8. The Hall–Kier alpha value is -2.61. The molecule has 102 valence electrons. The summed E-state index contributed by atoms with van der Waals surface area (Å²) < 4.78 is 1.42. The Bertz CT molecular complexity index is 696. The van der Waals surface area contributed by atoms with Crippen LogP contribution in [-0.2, 0) is 12.8 Å². The van der Waals surface area contributed by atoms with Crippen molar-refractivity contribution in [2.24, 2.45) is 0 Å². The Morgan fingerprint density at radius 2 is 2.15 bits per heavy atom. The number of hydrogen-bond donors (Lipinski definition) is 1. The van der Waals surface area contributed by atoms with Crippen LogP contribution >= 0.6 is 0 Å². The van der Waals surface area contributed by atoms with E-state index >= 15 is 0 Å². The molecular formula is C15H15N3O2. The highest BCUT2D eigenvalue weighted by Crippen LogP contribution is 2.21. The number of nitriles is 1. The number of hydrogen-bond acceptors (Lipinski definition) is 3. The van der Waals surface area contributed by atoms with E-state index in [4.69, 9.17) is 5.26 Å². The molecule has 0 amide bonds. The van der Waals surface area contributed by atoms with Gasteiger partial charge >= 0.3 is 5.97 Å². The highest BCUT2D eigenvalue weighted by atomic mass is 16.4. The van der Waals surface area contributed by atoms with Crippen LogP contribution in [0.4, 0.5) is 0 Å². The van der Waals surface area contributed by atoms with Crippen LogP contribution in [0.25, 0.3) is 5.69 Å². The fourth-order valence-electron chi connectivity index (χ4n) is 2.26. The van der Waals surface area contributed by atoms with Gasteiger partial charge in [-0.15, -0.1) is 0 Å². The van der Waals surface area contributed by atoms with Gasteiger partial charge in [-0.25, -0.2) is 9.48 Å². The van der Waals surface area contributed by atoms with Crippen molar-refractivity contribution in [3.05, 3.63) is 46.8 Å². The van der Waals surface area contributed by atoms with Crippen LogP contribution in [0.2, 0.25) is 0 Å². The molecule has 0 aliphatic heterocycles. The van der Waals surface area contributed by atoms with Crippen LogP contribution in [0.3, 0.4) is 0 Å². The maximum absolute atomic E-state index is 11.5. The number of carbonyl (C=O) groups is 1. The fraction of sp³-hybridized carbons (Fsp3) is 0.267. The summed E-state index contributed by atoms with van der Waals surface area (Å²) in [5.74, 6) is -1.00. The second-order valence-electron chi connectivity index (χ2n) is 4.36. The molecule has 1 aromatic heterocycles. The molecule has 0 saturated heterocycles. The van der Waals surface area contributed by atoms with Gasteiger partial charge in [-0.3, -0.25) is 0 Å². The molecule has 0 aliphatic carbocycles. The lowest BCUT2D eigenvalue weighted by molar-refractivity contribution is 0.0686. The minimum atomic E-state index is -1.00. The largest absolute Gasteiger partial charge is 0.477 e. The number of nitrogens with zero attached hydrogens (tertiary/aromatic N) is 3. The van der Waals surface area contributed by atoms with E-state index in [0.29, 0.717) is 24.1 Å². The molecule has 1 heterocycles. The van der Waals surface area contributed by atoms with E-state index < -0.39 is 5.97 Å². The van der Waals surface area contributed by atoms with Crippen molar-refractivity contribution >= 4 is 5.97 Å². The van der Waals surface area contributed by atoms with Crippen LogP contribution in [0.5, 0.6) is 0 Å². The highest BCUT2D eigenvalue weighted by Gasteiger charge is 2.22. The molecule has 5 nitrogen and oxygen atoms in total. The molecule has 0 saturated carbocycles. The summed E-state index contributed by atoms with van der Waals surface area (Å²) in [6, 6.07) is 8.83. The standard InChI is InChI=1S/C15H15N3O2/c1-3-12-13(4-2)17-18(14(12)15(19)20)11-7-5-6-10(8-11)9-16/h5-8H,3-4H2,1-2H3,(H,19,20). The molecule has 0 aliphatic rings. The molecule has 2 aromatic rings. The fourth-order valence-corrected chi connectivity index (χ4v) is 2.26. The van der Waals surface area contributed by atoms with E-state index in [-0.39, 0.29) is 5.69 Å². The zero-order chi connectivity index (χ0) is 14.7. The molecule has 2 rings (SSSR count). The van der Waals surface area contributed by atoms with Gasteiger partial charge in [0.1, 0.15) is 0 Å². The predicted octanol–water partition coefficient (Wildman–Crippen LogP) is 2.57. The third-order valence-electron chi connectivity index (χ3n) is 3.18. The van der Waals surface area contributed by atoms with Crippen LogP contribution in [0, 0.1) is 11.3 Å². The molecule has 0 bridgehead atoms. The van der Waals surface area contributed by atoms with Crippen LogP contribution < -0.4 is 0 Å². The summed E-state index contributed by atoms with van der Waals surface area (Å²) in [7, 11) is 0. The lowest BCUT2D eigenvalue weighted by Crippen LogP contribution is -2.10. The van der Waals surface area contributed by atoms with Gasteiger partial charge in [-0.2, -0.15) is 10.4 Å². The summed E-state index contributed by atoms with van der Waals surface area (Å²) >= 11 is 0. The Labute approximate surface area is 117 Å². The average molecular weight is 269 g/mol. The van der Waals surface area contributed by atoms with Crippen LogP contribution in [-0.4, -0.2) is 20.9 Å². The van der Waals surface area contributed by atoms with Crippen molar-refractivity contribution in [2.75, 3.05) is 0 Å². The van der Waals surface area contributed by atoms with Gasteiger partial charge in [0.2, 0.25) is 0 Å². The summed E-state index contributed by atoms with van der Waals surface area (Å²) in [6.07, 6.45) is 1.29. The van der Waals surface area contributed by atoms with E-state index in [2.05, 4.69) is 5.10 Å². The lowest BCUT2D eigenvalue weighted by Gasteiger charge is -2.05. The number of carboxylic acids is 1. The van der Waals surface area contributed by atoms with Crippen molar-refractivity contribution in [3.8, 4) is 11.8 Å². The van der Waals surface area contributed by atoms with Gasteiger partial charge in [0.05, 0.1) is 23.0 Å². The maximum atomic E-state index is 11.5. The second kappa shape index (κ2) is 5.57. The van der Waals surface area contributed by atoms with E-state index in [1.807, 2.05) is 19.9 Å². The minimum Gasteiger partial charge on any atom is -0.477 e. The summed E-state index contributed by atoms with van der Waals surface area (Å²) in [6.45, 7) is 3.86. The number of aryl methyl sites for hydroxylation is 1. The Kier molecular flexibility index (Phi) is 3.85. The maximum Gasteiger partial charge on any atom is 0.354 e. The number of aromatic nitrogens is 2. The van der Waals surface area contributed by atoms with Gasteiger partial charge < -0.3 is 5.11 Å². The van der Waals surface area contributed by atoms with Crippen molar-refractivity contribution in [1.82, 2.24) is 9.78 Å². The third-order valence-corrected chi connectivity index (χ3v) is 3.18. The van der Waals surface area contributed by atoms with Crippen molar-refractivity contribution in [3.63, 3.8) is 0 Å². The topological polar surface area (TPSA) is 78.9 Å². The predicted molar refractivity (Wildman–Crippen MR) is 74.0 cm³/mol. The molecular weight excluding hydrogens is 254 g/mol. The smallest absolute Gasteiger partial charge is 0.354 e. The molecule has 0 unspecified atom stereocenters. The van der Waals surface area contributed by atoms with E-state index in [0.717, 1.165) is 11.3 Å². The van der Waals surface area contributed by atoms with Gasteiger partial charge in [-0.05, 0) is 31.0 Å². The van der Waals surface area contributed by atoms with Crippen molar-refractivity contribution in [1.29, 1.82) is 5.26 Å². The average Bonchev–Trinajstić information content (AvgIpc) is 2.86. The molecule has 0 atom stereocenters. The first-order valence-corrected chi connectivity index (χ1v) is 6.46. The first kappa shape index (κ1) is 13.8. The molecule has 0 fully saturated rings. The Morgan fingerprint density at radius 3 is 2.70 bits per heavy atom. The quantitative estimate of drug-likeness (QED) is 0.925. The molecule has 1 aromatic carbocycles. The minimum absolute atomic E-state index is 0.180. The Morgan fingerprint density at radius 1 is 1.40 bits per heavy atom. The monoisotopic (exact) mass is 269 g/mol. The molecule has 0 radical (unpaired) electrons. The van der Waals surface area contributed by atoms with Gasteiger partial charge in [0.15, 0.2) is 5.69 Å². The lowest BCUT2D eigenvalue weighted by atomic mass is 10.1. The molecule has 1 N–H and O–H groups in total. The van der Waals surface area contributed by atoms with Crippen LogP contribution in [0.15, 0.2) is 24.3 Å². The zero-order valence-corrected chi connectivity index (χ0v) is 11.4.